The lowest BCUT2D eigenvalue weighted by molar-refractivity contribution is 0.0592. The lowest BCUT2D eigenvalue weighted by Gasteiger charge is -2.05. The van der Waals surface area contributed by atoms with E-state index in [-0.39, 0.29) is 11.3 Å². The Morgan fingerprint density at radius 1 is 1.10 bits per heavy atom. The number of benzene rings is 1. The summed E-state index contributed by atoms with van der Waals surface area (Å²) in [5.41, 5.74) is 0.970. The SMILES string of the molecule is COC(=O)c1ccc(Nc2ccc(C(=O)O)cc2)nn1. The van der Waals surface area contributed by atoms with E-state index in [4.69, 9.17) is 5.11 Å². The van der Waals surface area contributed by atoms with Crippen LogP contribution in [0.2, 0.25) is 0 Å². The first-order valence-corrected chi connectivity index (χ1v) is 5.62. The molecule has 1 heterocycles. The molecule has 0 saturated carbocycles. The zero-order chi connectivity index (χ0) is 14.5. The molecule has 102 valence electrons. The number of nitrogens with one attached hydrogen (secondary N) is 1. The average molecular weight is 273 g/mol. The van der Waals surface area contributed by atoms with Gasteiger partial charge in [0.2, 0.25) is 0 Å². The van der Waals surface area contributed by atoms with E-state index >= 15 is 0 Å². The van der Waals surface area contributed by atoms with Gasteiger partial charge in [0.1, 0.15) is 0 Å². The summed E-state index contributed by atoms with van der Waals surface area (Å²) in [4.78, 5) is 21.9. The second-order valence-corrected chi connectivity index (χ2v) is 3.80. The van der Waals surface area contributed by atoms with E-state index in [1.165, 1.54) is 25.3 Å². The lowest BCUT2D eigenvalue weighted by atomic mass is 10.2. The first kappa shape index (κ1) is 13.5. The predicted molar refractivity (Wildman–Crippen MR) is 70.1 cm³/mol. The van der Waals surface area contributed by atoms with Gasteiger partial charge in [-0.2, -0.15) is 0 Å². The molecule has 0 amide bonds. The molecule has 2 aromatic rings. The first-order chi connectivity index (χ1) is 9.60. The van der Waals surface area contributed by atoms with Crippen molar-refractivity contribution in [2.75, 3.05) is 12.4 Å². The molecule has 0 aliphatic carbocycles. The second-order valence-electron chi connectivity index (χ2n) is 3.80. The van der Waals surface area contributed by atoms with Crippen LogP contribution in [0.25, 0.3) is 0 Å². The highest BCUT2D eigenvalue weighted by Crippen LogP contribution is 2.15. The number of hydrogen-bond donors (Lipinski definition) is 2. The number of esters is 1. The molecule has 0 unspecified atom stereocenters. The van der Waals surface area contributed by atoms with Crippen LogP contribution >= 0.6 is 0 Å². The summed E-state index contributed by atoms with van der Waals surface area (Å²) in [5.74, 6) is -1.12. The molecule has 0 aliphatic heterocycles. The lowest BCUT2D eigenvalue weighted by Crippen LogP contribution is -2.06. The summed E-state index contributed by atoms with van der Waals surface area (Å²) in [5, 5.41) is 19.3. The zero-order valence-electron chi connectivity index (χ0n) is 10.5. The highest BCUT2D eigenvalue weighted by atomic mass is 16.5. The Balaban J connectivity index is 2.10. The summed E-state index contributed by atoms with van der Waals surface area (Å²) >= 11 is 0. The second kappa shape index (κ2) is 5.79. The van der Waals surface area contributed by atoms with Crippen LogP contribution < -0.4 is 5.32 Å². The quantitative estimate of drug-likeness (QED) is 0.817. The normalized spacial score (nSPS) is 9.85. The van der Waals surface area contributed by atoms with Crippen molar-refractivity contribution in [3.8, 4) is 0 Å². The molecule has 0 bridgehead atoms. The van der Waals surface area contributed by atoms with Crippen molar-refractivity contribution in [3.05, 3.63) is 47.7 Å². The molecule has 7 nitrogen and oxygen atoms in total. The van der Waals surface area contributed by atoms with Crippen LogP contribution in [0.3, 0.4) is 0 Å². The highest BCUT2D eigenvalue weighted by molar-refractivity contribution is 5.88. The Morgan fingerprint density at radius 2 is 1.80 bits per heavy atom. The predicted octanol–water partition coefficient (Wildman–Crippen LogP) is 1.70. The van der Waals surface area contributed by atoms with Gasteiger partial charge in [0.15, 0.2) is 11.5 Å². The molecule has 0 spiro atoms. The maximum Gasteiger partial charge on any atom is 0.358 e. The van der Waals surface area contributed by atoms with Crippen molar-refractivity contribution >= 4 is 23.4 Å². The van der Waals surface area contributed by atoms with Crippen LogP contribution in [0.4, 0.5) is 11.5 Å². The number of ether oxygens (including phenoxy) is 1. The number of hydrogen-bond acceptors (Lipinski definition) is 6. The van der Waals surface area contributed by atoms with Crippen LogP contribution in [0, 0.1) is 0 Å². The summed E-state index contributed by atoms with van der Waals surface area (Å²) in [6.45, 7) is 0. The number of carbonyl (C=O) groups is 2. The number of carbonyl (C=O) groups excluding carboxylic acids is 1. The minimum atomic E-state index is -0.987. The number of aromatic nitrogens is 2. The molecule has 0 atom stereocenters. The van der Waals surface area contributed by atoms with Crippen molar-refractivity contribution in [1.29, 1.82) is 0 Å². The third-order valence-electron chi connectivity index (χ3n) is 2.46. The number of anilines is 2. The maximum atomic E-state index is 11.2. The molecule has 0 fully saturated rings. The highest BCUT2D eigenvalue weighted by Gasteiger charge is 2.08. The molecule has 20 heavy (non-hydrogen) atoms. The van der Waals surface area contributed by atoms with Crippen LogP contribution in [0.5, 0.6) is 0 Å². The van der Waals surface area contributed by atoms with E-state index < -0.39 is 11.9 Å². The molecule has 2 rings (SSSR count). The van der Waals surface area contributed by atoms with Gasteiger partial charge in [-0.1, -0.05) is 0 Å². The number of carboxylic acids is 1. The fraction of sp³-hybridized carbons (Fsp3) is 0.0769. The third kappa shape index (κ3) is 3.08. The molecule has 0 saturated heterocycles. The summed E-state index contributed by atoms with van der Waals surface area (Å²) in [6, 6.07) is 9.22. The van der Waals surface area contributed by atoms with Crippen LogP contribution in [-0.2, 0) is 4.74 Å². The van der Waals surface area contributed by atoms with Gasteiger partial charge in [-0.05, 0) is 36.4 Å². The summed E-state index contributed by atoms with van der Waals surface area (Å²) in [7, 11) is 1.26. The van der Waals surface area contributed by atoms with E-state index in [0.717, 1.165) is 0 Å². The van der Waals surface area contributed by atoms with E-state index in [2.05, 4.69) is 20.3 Å². The minimum absolute atomic E-state index is 0.110. The van der Waals surface area contributed by atoms with Crippen molar-refractivity contribution < 1.29 is 19.4 Å². The molecular weight excluding hydrogens is 262 g/mol. The van der Waals surface area contributed by atoms with E-state index in [1.54, 1.807) is 18.2 Å². The molecule has 7 heteroatoms. The summed E-state index contributed by atoms with van der Waals surface area (Å²) < 4.78 is 4.51. The topological polar surface area (TPSA) is 101 Å². The smallest absolute Gasteiger partial charge is 0.358 e. The van der Waals surface area contributed by atoms with Crippen LogP contribution in [0.1, 0.15) is 20.8 Å². The molecule has 1 aromatic carbocycles. The third-order valence-corrected chi connectivity index (χ3v) is 2.46. The van der Waals surface area contributed by atoms with E-state index in [0.29, 0.717) is 11.5 Å². The number of carboxylic acid groups (broad SMARTS) is 1. The standard InChI is InChI=1S/C13H11N3O4/c1-20-13(19)10-6-7-11(16-15-10)14-9-4-2-8(3-5-9)12(17)18/h2-7H,1H3,(H,14,16)(H,17,18). The monoisotopic (exact) mass is 273 g/mol. The van der Waals surface area contributed by atoms with Gasteiger partial charge in [0.25, 0.3) is 0 Å². The van der Waals surface area contributed by atoms with Gasteiger partial charge in [0, 0.05) is 5.69 Å². The van der Waals surface area contributed by atoms with E-state index in [9.17, 15) is 9.59 Å². The molecule has 0 radical (unpaired) electrons. The van der Waals surface area contributed by atoms with Crippen molar-refractivity contribution in [2.45, 2.75) is 0 Å². The number of methoxy groups -OCH3 is 1. The Hall–Kier alpha value is -2.96. The Kier molecular flexibility index (Phi) is 3.90. The number of aromatic carboxylic acids is 1. The molecular formula is C13H11N3O4. The fourth-order valence-corrected chi connectivity index (χ4v) is 1.46. The number of nitrogens with zero attached hydrogens (tertiary/aromatic N) is 2. The Labute approximate surface area is 114 Å². The first-order valence-electron chi connectivity index (χ1n) is 5.62. The van der Waals surface area contributed by atoms with Crippen molar-refractivity contribution in [1.82, 2.24) is 10.2 Å². The molecule has 0 aliphatic rings. The van der Waals surface area contributed by atoms with Gasteiger partial charge in [-0.3, -0.25) is 0 Å². The fourth-order valence-electron chi connectivity index (χ4n) is 1.46. The largest absolute Gasteiger partial charge is 0.478 e. The molecule has 1 aromatic heterocycles. The summed E-state index contributed by atoms with van der Waals surface area (Å²) in [6.07, 6.45) is 0. The Bertz CT molecular complexity index is 623. The van der Waals surface area contributed by atoms with Gasteiger partial charge in [-0.25, -0.2) is 9.59 Å². The van der Waals surface area contributed by atoms with Crippen molar-refractivity contribution in [3.63, 3.8) is 0 Å². The zero-order valence-corrected chi connectivity index (χ0v) is 10.5. The van der Waals surface area contributed by atoms with E-state index in [1.807, 2.05) is 0 Å². The van der Waals surface area contributed by atoms with Gasteiger partial charge >= 0.3 is 11.9 Å². The number of rotatable bonds is 4. The van der Waals surface area contributed by atoms with Gasteiger partial charge in [0.05, 0.1) is 12.7 Å². The minimum Gasteiger partial charge on any atom is -0.478 e. The maximum absolute atomic E-state index is 11.2. The average Bonchev–Trinajstić information content (AvgIpc) is 2.48. The van der Waals surface area contributed by atoms with Crippen LogP contribution in [0.15, 0.2) is 36.4 Å². The van der Waals surface area contributed by atoms with Crippen molar-refractivity contribution in [2.24, 2.45) is 0 Å². The van der Waals surface area contributed by atoms with Gasteiger partial charge in [-0.15, -0.1) is 10.2 Å². The van der Waals surface area contributed by atoms with Crippen LogP contribution in [-0.4, -0.2) is 34.4 Å². The van der Waals surface area contributed by atoms with Gasteiger partial charge < -0.3 is 15.2 Å². The molecule has 2 N–H and O–H groups in total. The Morgan fingerprint density at radius 3 is 2.30 bits per heavy atom.